The number of Topliss-reactive ketones (excluding diaryl/α,β-unsaturated/α-hetero) is 1. The smallest absolute Gasteiger partial charge is 0.240 e. The number of allylic oxidation sites excluding steroid dienone is 4. The SMILES string of the molecule is Cc1cc2c(cc1C1(c3ccc(C4=C(O)CCC4=O)cn3)OCCCO1)C(C)(C)C=CC2(C)C. The maximum atomic E-state index is 12.3. The first-order valence-corrected chi connectivity index (χ1v) is 12.1. The Bertz CT molecular complexity index is 1210. The van der Waals surface area contributed by atoms with Crippen LogP contribution in [0.25, 0.3) is 5.57 Å². The van der Waals surface area contributed by atoms with Crippen molar-refractivity contribution in [3.8, 4) is 0 Å². The van der Waals surface area contributed by atoms with E-state index in [9.17, 15) is 9.90 Å². The van der Waals surface area contributed by atoms with Crippen molar-refractivity contribution in [2.24, 2.45) is 0 Å². The van der Waals surface area contributed by atoms with E-state index in [2.05, 4.69) is 58.9 Å². The Morgan fingerprint density at radius 2 is 1.56 bits per heavy atom. The first-order valence-electron chi connectivity index (χ1n) is 12.1. The number of hydrogen-bond donors (Lipinski definition) is 1. The normalized spacial score (nSPS) is 22.7. The topological polar surface area (TPSA) is 68.7 Å². The highest BCUT2D eigenvalue weighted by atomic mass is 16.7. The number of ketones is 1. The zero-order valence-electron chi connectivity index (χ0n) is 20.7. The summed E-state index contributed by atoms with van der Waals surface area (Å²) in [6.07, 6.45) is 7.79. The molecule has 2 heterocycles. The zero-order chi connectivity index (χ0) is 24.3. The Morgan fingerprint density at radius 3 is 2.12 bits per heavy atom. The predicted octanol–water partition coefficient (Wildman–Crippen LogP) is 5.79. The van der Waals surface area contributed by atoms with Gasteiger partial charge in [0.1, 0.15) is 11.5 Å². The van der Waals surface area contributed by atoms with E-state index >= 15 is 0 Å². The van der Waals surface area contributed by atoms with Gasteiger partial charge in [0, 0.05) is 41.0 Å². The molecule has 0 bridgehead atoms. The number of carbonyl (C=O) groups is 1. The molecule has 0 unspecified atom stereocenters. The van der Waals surface area contributed by atoms with Crippen molar-refractivity contribution in [1.29, 1.82) is 0 Å². The highest BCUT2D eigenvalue weighted by Crippen LogP contribution is 2.46. The fraction of sp³-hybridized carbons (Fsp3) is 0.448. The van der Waals surface area contributed by atoms with Gasteiger partial charge in [0.15, 0.2) is 5.78 Å². The Hall–Kier alpha value is -2.76. The first kappa shape index (κ1) is 23.0. The van der Waals surface area contributed by atoms with Crippen LogP contribution in [0.15, 0.2) is 48.4 Å². The number of aliphatic hydroxyl groups excluding tert-OH is 1. The Balaban J connectivity index is 1.65. The summed E-state index contributed by atoms with van der Waals surface area (Å²) in [6.45, 7) is 12.2. The number of ether oxygens (including phenoxy) is 2. The number of fused-ring (bicyclic) bond motifs is 1. The van der Waals surface area contributed by atoms with Gasteiger partial charge in [0.2, 0.25) is 5.79 Å². The van der Waals surface area contributed by atoms with Crippen LogP contribution in [-0.2, 0) is 30.9 Å². The van der Waals surface area contributed by atoms with Crippen molar-refractivity contribution in [1.82, 2.24) is 4.98 Å². The molecule has 34 heavy (non-hydrogen) atoms. The third-order valence-electron chi connectivity index (χ3n) is 7.47. The predicted molar refractivity (Wildman–Crippen MR) is 132 cm³/mol. The van der Waals surface area contributed by atoms with Crippen molar-refractivity contribution in [2.75, 3.05) is 13.2 Å². The lowest BCUT2D eigenvalue weighted by Gasteiger charge is -2.41. The standard InChI is InChI=1S/C29H33NO4/c1-18-15-21-22(28(4,5)12-11-27(21,2)3)16-20(18)29(33-13-6-14-34-29)25-10-7-19(17-30-25)26-23(31)8-9-24(26)32/h7,10-12,15-17,31H,6,8-9,13-14H2,1-5H3. The molecular formula is C29H33NO4. The number of hydrogen-bond acceptors (Lipinski definition) is 5. The minimum atomic E-state index is -1.12. The number of aryl methyl sites for hydroxylation is 1. The number of aliphatic hydroxyl groups is 1. The zero-order valence-corrected chi connectivity index (χ0v) is 20.7. The van der Waals surface area contributed by atoms with Crippen LogP contribution >= 0.6 is 0 Å². The molecular weight excluding hydrogens is 426 g/mol. The number of pyridine rings is 1. The van der Waals surface area contributed by atoms with Crippen LogP contribution in [0, 0.1) is 6.92 Å². The molecule has 0 atom stereocenters. The van der Waals surface area contributed by atoms with E-state index in [0.717, 1.165) is 17.5 Å². The Labute approximate surface area is 201 Å². The first-order chi connectivity index (χ1) is 16.1. The van der Waals surface area contributed by atoms with Crippen LogP contribution in [0.3, 0.4) is 0 Å². The Morgan fingerprint density at radius 1 is 0.912 bits per heavy atom. The third kappa shape index (κ3) is 3.53. The summed E-state index contributed by atoms with van der Waals surface area (Å²) >= 11 is 0. The lowest BCUT2D eigenvalue weighted by Crippen LogP contribution is -2.41. The average Bonchev–Trinajstić information content (AvgIpc) is 3.15. The summed E-state index contributed by atoms with van der Waals surface area (Å²) < 4.78 is 12.8. The van der Waals surface area contributed by atoms with Gasteiger partial charge in [-0.1, -0.05) is 52.0 Å². The van der Waals surface area contributed by atoms with Crippen LogP contribution in [0.4, 0.5) is 0 Å². The molecule has 3 aliphatic rings. The van der Waals surface area contributed by atoms with Gasteiger partial charge >= 0.3 is 0 Å². The largest absolute Gasteiger partial charge is 0.512 e. The summed E-state index contributed by atoms with van der Waals surface area (Å²) in [5, 5.41) is 10.2. The molecule has 178 valence electrons. The molecule has 2 aromatic rings. The molecule has 0 spiro atoms. The number of carbonyl (C=O) groups excluding carboxylic acids is 1. The van der Waals surface area contributed by atoms with Crippen LogP contribution in [0.2, 0.25) is 0 Å². The Kier molecular flexibility index (Phi) is 5.34. The summed E-state index contributed by atoms with van der Waals surface area (Å²) in [5.41, 5.74) is 6.11. The maximum Gasteiger partial charge on any atom is 0.240 e. The van der Waals surface area contributed by atoms with Gasteiger partial charge in [-0.15, -0.1) is 0 Å². The second-order valence-electron chi connectivity index (χ2n) is 10.8. The fourth-order valence-electron chi connectivity index (χ4n) is 5.41. The molecule has 2 aliphatic carbocycles. The molecule has 5 heteroatoms. The average molecular weight is 460 g/mol. The monoisotopic (exact) mass is 459 g/mol. The number of benzene rings is 1. The third-order valence-corrected chi connectivity index (χ3v) is 7.47. The van der Waals surface area contributed by atoms with Crippen molar-refractivity contribution in [3.63, 3.8) is 0 Å². The van der Waals surface area contributed by atoms with Crippen molar-refractivity contribution in [2.45, 2.75) is 70.5 Å². The van der Waals surface area contributed by atoms with Gasteiger partial charge in [-0.25, -0.2) is 0 Å². The van der Waals surface area contributed by atoms with Crippen molar-refractivity contribution in [3.05, 3.63) is 81.9 Å². The number of nitrogens with zero attached hydrogens (tertiary/aromatic N) is 1. The van der Waals surface area contributed by atoms with Gasteiger partial charge < -0.3 is 14.6 Å². The summed E-state index contributed by atoms with van der Waals surface area (Å²) in [5.74, 6) is -1.02. The van der Waals surface area contributed by atoms with E-state index in [1.807, 2.05) is 12.1 Å². The van der Waals surface area contributed by atoms with Gasteiger partial charge in [0.25, 0.3) is 0 Å². The highest BCUT2D eigenvalue weighted by Gasteiger charge is 2.44. The quantitative estimate of drug-likeness (QED) is 0.589. The maximum absolute atomic E-state index is 12.3. The second-order valence-corrected chi connectivity index (χ2v) is 10.8. The van der Waals surface area contributed by atoms with E-state index in [-0.39, 0.29) is 22.4 Å². The van der Waals surface area contributed by atoms with E-state index in [4.69, 9.17) is 14.5 Å². The van der Waals surface area contributed by atoms with Crippen LogP contribution in [0.1, 0.15) is 80.5 Å². The van der Waals surface area contributed by atoms with E-state index < -0.39 is 5.79 Å². The molecule has 1 fully saturated rings. The minimum Gasteiger partial charge on any atom is -0.512 e. The molecule has 0 radical (unpaired) electrons. The van der Waals surface area contributed by atoms with Crippen molar-refractivity contribution < 1.29 is 19.4 Å². The molecule has 5 rings (SSSR count). The van der Waals surface area contributed by atoms with Crippen molar-refractivity contribution >= 4 is 11.4 Å². The molecule has 1 aromatic carbocycles. The van der Waals surface area contributed by atoms with E-state index in [1.54, 1.807) is 6.20 Å². The van der Waals surface area contributed by atoms with Gasteiger partial charge in [0.05, 0.1) is 18.8 Å². The van der Waals surface area contributed by atoms with Crippen LogP contribution in [0.5, 0.6) is 0 Å². The van der Waals surface area contributed by atoms with Crippen LogP contribution < -0.4 is 0 Å². The summed E-state index contributed by atoms with van der Waals surface area (Å²) in [7, 11) is 0. The minimum absolute atomic E-state index is 0.0460. The van der Waals surface area contributed by atoms with E-state index in [1.165, 1.54) is 11.1 Å². The molecule has 5 nitrogen and oxygen atoms in total. The summed E-state index contributed by atoms with van der Waals surface area (Å²) in [4.78, 5) is 17.0. The number of rotatable bonds is 3. The molecule has 0 saturated carbocycles. The molecule has 1 N–H and O–H groups in total. The second kappa shape index (κ2) is 7.89. The summed E-state index contributed by atoms with van der Waals surface area (Å²) in [6, 6.07) is 8.21. The number of aromatic nitrogens is 1. The van der Waals surface area contributed by atoms with Gasteiger partial charge in [-0.2, -0.15) is 0 Å². The molecule has 0 amide bonds. The molecule has 1 aromatic heterocycles. The lowest BCUT2D eigenvalue weighted by atomic mass is 9.66. The van der Waals surface area contributed by atoms with Gasteiger partial charge in [-0.05, 0) is 42.2 Å². The lowest BCUT2D eigenvalue weighted by molar-refractivity contribution is -0.251. The van der Waals surface area contributed by atoms with E-state index in [0.29, 0.717) is 42.9 Å². The van der Waals surface area contributed by atoms with Gasteiger partial charge in [-0.3, -0.25) is 9.78 Å². The van der Waals surface area contributed by atoms with Crippen LogP contribution in [-0.4, -0.2) is 29.1 Å². The molecule has 1 saturated heterocycles. The highest BCUT2D eigenvalue weighted by molar-refractivity contribution is 6.23. The fourth-order valence-corrected chi connectivity index (χ4v) is 5.41. The molecule has 1 aliphatic heterocycles.